The largest absolute Gasteiger partial charge is 0.444 e. The zero-order chi connectivity index (χ0) is 16.2. The number of amides is 1. The summed E-state index contributed by atoms with van der Waals surface area (Å²) in [5.41, 5.74) is -0.411. The van der Waals surface area contributed by atoms with Gasteiger partial charge < -0.3 is 15.0 Å². The quantitative estimate of drug-likeness (QED) is 0.858. The standard InChI is InChI=1S/C18H34N2O2/c1-14-8-10-15(11-9-14)19-13-16-7-5-6-12-20(16)17(21)22-18(2,3)4/h14-16,19H,5-13H2,1-4H3. The van der Waals surface area contributed by atoms with E-state index in [1.165, 1.54) is 32.1 Å². The second-order valence-corrected chi connectivity index (χ2v) is 8.19. The van der Waals surface area contributed by atoms with Crippen molar-refractivity contribution < 1.29 is 9.53 Å². The van der Waals surface area contributed by atoms with Gasteiger partial charge in [-0.05, 0) is 71.6 Å². The first kappa shape index (κ1) is 17.6. The summed E-state index contributed by atoms with van der Waals surface area (Å²) in [4.78, 5) is 14.3. The molecule has 1 atom stereocenters. The maximum atomic E-state index is 12.4. The number of likely N-dealkylation sites (tertiary alicyclic amines) is 1. The highest BCUT2D eigenvalue weighted by Crippen LogP contribution is 2.24. The van der Waals surface area contributed by atoms with Crippen LogP contribution in [-0.2, 0) is 4.74 Å². The molecule has 0 aromatic carbocycles. The van der Waals surface area contributed by atoms with Crippen LogP contribution in [0.4, 0.5) is 4.79 Å². The second kappa shape index (κ2) is 7.67. The fraction of sp³-hybridized carbons (Fsp3) is 0.944. The predicted octanol–water partition coefficient (Wildman–Crippen LogP) is 3.94. The smallest absolute Gasteiger partial charge is 0.410 e. The highest BCUT2D eigenvalue weighted by atomic mass is 16.6. The van der Waals surface area contributed by atoms with E-state index in [1.54, 1.807) is 0 Å². The Kier molecular flexibility index (Phi) is 6.13. The van der Waals surface area contributed by atoms with Crippen molar-refractivity contribution in [3.05, 3.63) is 0 Å². The normalized spacial score (nSPS) is 30.2. The van der Waals surface area contributed by atoms with Gasteiger partial charge in [-0.15, -0.1) is 0 Å². The summed E-state index contributed by atoms with van der Waals surface area (Å²) >= 11 is 0. The van der Waals surface area contributed by atoms with Crippen LogP contribution in [0.5, 0.6) is 0 Å². The molecule has 0 radical (unpaired) electrons. The molecule has 0 aromatic heterocycles. The molecular weight excluding hydrogens is 276 g/mol. The Labute approximate surface area is 136 Å². The Morgan fingerprint density at radius 3 is 2.45 bits per heavy atom. The Bertz CT molecular complexity index is 357. The van der Waals surface area contributed by atoms with E-state index in [1.807, 2.05) is 25.7 Å². The van der Waals surface area contributed by atoms with Crippen LogP contribution in [0.2, 0.25) is 0 Å². The molecule has 0 aromatic rings. The van der Waals surface area contributed by atoms with Crippen molar-refractivity contribution in [2.24, 2.45) is 5.92 Å². The van der Waals surface area contributed by atoms with Crippen molar-refractivity contribution in [3.8, 4) is 0 Å². The number of carbonyl (C=O) groups excluding carboxylic acids is 1. The van der Waals surface area contributed by atoms with E-state index in [-0.39, 0.29) is 6.09 Å². The molecule has 1 N–H and O–H groups in total. The van der Waals surface area contributed by atoms with Gasteiger partial charge in [-0.1, -0.05) is 6.92 Å². The van der Waals surface area contributed by atoms with Gasteiger partial charge in [0, 0.05) is 25.2 Å². The number of hydrogen-bond acceptors (Lipinski definition) is 3. The first-order valence-corrected chi connectivity index (χ1v) is 9.08. The van der Waals surface area contributed by atoms with Gasteiger partial charge in [0.25, 0.3) is 0 Å². The van der Waals surface area contributed by atoms with Crippen LogP contribution in [0.15, 0.2) is 0 Å². The minimum atomic E-state index is -0.411. The van der Waals surface area contributed by atoms with Gasteiger partial charge in [0.1, 0.15) is 5.60 Å². The van der Waals surface area contributed by atoms with Crippen LogP contribution in [0.1, 0.15) is 72.6 Å². The van der Waals surface area contributed by atoms with Crippen LogP contribution >= 0.6 is 0 Å². The van der Waals surface area contributed by atoms with Crippen molar-refractivity contribution in [1.82, 2.24) is 10.2 Å². The second-order valence-electron chi connectivity index (χ2n) is 8.19. The zero-order valence-electron chi connectivity index (χ0n) is 14.9. The van der Waals surface area contributed by atoms with Crippen LogP contribution in [-0.4, -0.2) is 41.8 Å². The summed E-state index contributed by atoms with van der Waals surface area (Å²) in [6.45, 7) is 9.91. The molecule has 1 saturated heterocycles. The van der Waals surface area contributed by atoms with Gasteiger partial charge in [-0.3, -0.25) is 0 Å². The molecule has 2 fully saturated rings. The summed E-state index contributed by atoms with van der Waals surface area (Å²) in [6.07, 6.45) is 8.48. The summed E-state index contributed by atoms with van der Waals surface area (Å²) in [7, 11) is 0. The first-order valence-electron chi connectivity index (χ1n) is 9.08. The molecule has 1 aliphatic carbocycles. The average Bonchev–Trinajstić information content (AvgIpc) is 2.45. The number of hydrogen-bond donors (Lipinski definition) is 1. The highest BCUT2D eigenvalue weighted by Gasteiger charge is 2.31. The molecule has 2 rings (SSSR count). The maximum Gasteiger partial charge on any atom is 0.410 e. The number of ether oxygens (including phenoxy) is 1. The summed E-state index contributed by atoms with van der Waals surface area (Å²) < 4.78 is 5.57. The molecule has 1 aliphatic heterocycles. The summed E-state index contributed by atoms with van der Waals surface area (Å²) in [6, 6.07) is 0.932. The lowest BCUT2D eigenvalue weighted by molar-refractivity contribution is 0.00948. The Morgan fingerprint density at radius 2 is 1.82 bits per heavy atom. The lowest BCUT2D eigenvalue weighted by Crippen LogP contribution is -2.51. The van der Waals surface area contributed by atoms with E-state index in [0.29, 0.717) is 12.1 Å². The molecule has 1 amide bonds. The van der Waals surface area contributed by atoms with Crippen LogP contribution < -0.4 is 5.32 Å². The monoisotopic (exact) mass is 310 g/mol. The Balaban J connectivity index is 1.83. The van der Waals surface area contributed by atoms with Crippen LogP contribution in [0, 0.1) is 5.92 Å². The van der Waals surface area contributed by atoms with Gasteiger partial charge in [0.15, 0.2) is 0 Å². The minimum absolute atomic E-state index is 0.142. The third-order valence-electron chi connectivity index (χ3n) is 4.91. The fourth-order valence-corrected chi connectivity index (χ4v) is 3.54. The number of nitrogens with zero attached hydrogens (tertiary/aromatic N) is 1. The highest BCUT2D eigenvalue weighted by molar-refractivity contribution is 5.68. The van der Waals surface area contributed by atoms with Crippen molar-refractivity contribution in [1.29, 1.82) is 0 Å². The molecular formula is C18H34N2O2. The molecule has 4 heteroatoms. The Hall–Kier alpha value is -0.770. The van der Waals surface area contributed by atoms with Crippen molar-refractivity contribution in [3.63, 3.8) is 0 Å². The van der Waals surface area contributed by atoms with Gasteiger partial charge in [-0.2, -0.15) is 0 Å². The van der Waals surface area contributed by atoms with Crippen molar-refractivity contribution in [2.45, 2.75) is 90.3 Å². The molecule has 128 valence electrons. The van der Waals surface area contributed by atoms with Crippen molar-refractivity contribution >= 4 is 6.09 Å². The lowest BCUT2D eigenvalue weighted by Gasteiger charge is -2.38. The topological polar surface area (TPSA) is 41.6 Å². The molecule has 1 unspecified atom stereocenters. The molecule has 0 spiro atoms. The van der Waals surface area contributed by atoms with E-state index in [0.717, 1.165) is 31.8 Å². The Morgan fingerprint density at radius 1 is 1.14 bits per heavy atom. The molecule has 1 heterocycles. The summed E-state index contributed by atoms with van der Waals surface area (Å²) in [5, 5.41) is 3.71. The van der Waals surface area contributed by atoms with Gasteiger partial charge >= 0.3 is 6.09 Å². The number of carbonyl (C=O) groups is 1. The third-order valence-corrected chi connectivity index (χ3v) is 4.91. The number of piperidine rings is 1. The third kappa shape index (κ3) is 5.45. The van der Waals surface area contributed by atoms with Gasteiger partial charge in [0.05, 0.1) is 0 Å². The van der Waals surface area contributed by atoms with Crippen LogP contribution in [0.25, 0.3) is 0 Å². The minimum Gasteiger partial charge on any atom is -0.444 e. The van der Waals surface area contributed by atoms with Crippen LogP contribution in [0.3, 0.4) is 0 Å². The summed E-state index contributed by atoms with van der Waals surface area (Å²) in [5.74, 6) is 0.881. The molecule has 0 bridgehead atoms. The van der Waals surface area contributed by atoms with E-state index in [4.69, 9.17) is 4.74 Å². The van der Waals surface area contributed by atoms with Crippen molar-refractivity contribution in [2.75, 3.05) is 13.1 Å². The molecule has 2 aliphatic rings. The number of nitrogens with one attached hydrogen (secondary N) is 1. The van der Waals surface area contributed by atoms with Gasteiger partial charge in [0.2, 0.25) is 0 Å². The van der Waals surface area contributed by atoms with E-state index in [2.05, 4.69) is 12.2 Å². The zero-order valence-corrected chi connectivity index (χ0v) is 14.9. The van der Waals surface area contributed by atoms with E-state index >= 15 is 0 Å². The first-order chi connectivity index (χ1) is 10.3. The SMILES string of the molecule is CC1CCC(NCC2CCCCN2C(=O)OC(C)(C)C)CC1. The van der Waals surface area contributed by atoms with E-state index in [9.17, 15) is 4.79 Å². The maximum absolute atomic E-state index is 12.4. The number of rotatable bonds is 3. The lowest BCUT2D eigenvalue weighted by atomic mass is 9.87. The van der Waals surface area contributed by atoms with E-state index < -0.39 is 5.60 Å². The predicted molar refractivity (Wildman–Crippen MR) is 90.0 cm³/mol. The fourth-order valence-electron chi connectivity index (χ4n) is 3.54. The molecule has 1 saturated carbocycles. The average molecular weight is 310 g/mol. The molecule has 22 heavy (non-hydrogen) atoms. The van der Waals surface area contributed by atoms with Gasteiger partial charge in [-0.25, -0.2) is 4.79 Å². The molecule has 4 nitrogen and oxygen atoms in total.